The van der Waals surface area contributed by atoms with Gasteiger partial charge < -0.3 is 14.2 Å². The minimum Gasteiger partial charge on any atom is -0.490 e. The van der Waals surface area contributed by atoms with Gasteiger partial charge in [0.1, 0.15) is 11.9 Å². The van der Waals surface area contributed by atoms with E-state index in [1.54, 1.807) is 0 Å². The summed E-state index contributed by atoms with van der Waals surface area (Å²) in [4.78, 5) is 21.1. The average molecular weight is 384 g/mol. The van der Waals surface area contributed by atoms with E-state index in [0.29, 0.717) is 5.89 Å². The molecule has 2 fully saturated rings. The van der Waals surface area contributed by atoms with Crippen LogP contribution < -0.4 is 4.74 Å². The van der Waals surface area contributed by atoms with Crippen molar-refractivity contribution < 1.29 is 14.1 Å². The fourth-order valence-electron chi connectivity index (χ4n) is 3.85. The lowest BCUT2D eigenvalue weighted by Gasteiger charge is -2.31. The zero-order valence-electron chi connectivity index (χ0n) is 16.5. The van der Waals surface area contributed by atoms with Crippen LogP contribution in [0.1, 0.15) is 54.7 Å². The fraction of sp³-hybridized carbons (Fsp3) is 0.571. The summed E-state index contributed by atoms with van der Waals surface area (Å²) in [6.07, 6.45) is 5.12. The lowest BCUT2D eigenvalue weighted by molar-refractivity contribution is 0.0792. The number of nitrogens with zero attached hydrogens (tertiary/aromatic N) is 4. The van der Waals surface area contributed by atoms with Crippen molar-refractivity contribution in [3.8, 4) is 5.75 Å². The van der Waals surface area contributed by atoms with Gasteiger partial charge in [-0.05, 0) is 49.9 Å². The van der Waals surface area contributed by atoms with Gasteiger partial charge in [0.15, 0.2) is 5.82 Å². The lowest BCUT2D eigenvalue weighted by atomic mass is 10.1. The van der Waals surface area contributed by atoms with E-state index >= 15 is 0 Å². The minimum atomic E-state index is 0.130. The Bertz CT molecular complexity index is 775. The van der Waals surface area contributed by atoms with Gasteiger partial charge in [-0.25, -0.2) is 0 Å². The van der Waals surface area contributed by atoms with Crippen LogP contribution in [0.15, 0.2) is 28.8 Å². The highest BCUT2D eigenvalue weighted by molar-refractivity contribution is 5.94. The number of benzene rings is 1. The Hall–Kier alpha value is -2.41. The zero-order valence-corrected chi connectivity index (χ0v) is 16.5. The number of likely N-dealkylation sites (tertiary alicyclic amines) is 2. The molecule has 0 atom stereocenters. The highest BCUT2D eigenvalue weighted by Gasteiger charge is 2.23. The van der Waals surface area contributed by atoms with Gasteiger partial charge in [-0.15, -0.1) is 0 Å². The molecule has 7 nitrogen and oxygen atoms in total. The first-order valence-electron chi connectivity index (χ1n) is 10.3. The number of hydrogen-bond acceptors (Lipinski definition) is 6. The van der Waals surface area contributed by atoms with E-state index in [2.05, 4.69) is 15.0 Å². The predicted molar refractivity (Wildman–Crippen MR) is 104 cm³/mol. The first kappa shape index (κ1) is 18.9. The number of aromatic nitrogens is 2. The second kappa shape index (κ2) is 8.73. The molecule has 0 aliphatic carbocycles. The molecule has 2 saturated heterocycles. The number of ether oxygens (including phenoxy) is 1. The Morgan fingerprint density at radius 3 is 2.50 bits per heavy atom. The molecule has 0 saturated carbocycles. The lowest BCUT2D eigenvalue weighted by Crippen LogP contribution is -2.38. The summed E-state index contributed by atoms with van der Waals surface area (Å²) >= 11 is 0. The van der Waals surface area contributed by atoms with Crippen LogP contribution in [0.5, 0.6) is 5.75 Å². The van der Waals surface area contributed by atoms with Crippen molar-refractivity contribution in [2.45, 2.75) is 51.7 Å². The molecule has 150 valence electrons. The van der Waals surface area contributed by atoms with Crippen molar-refractivity contribution in [2.24, 2.45) is 0 Å². The summed E-state index contributed by atoms with van der Waals surface area (Å²) in [6.45, 7) is 6.38. The second-order valence-electron chi connectivity index (χ2n) is 7.57. The number of aryl methyl sites for hydroxylation is 1. The van der Waals surface area contributed by atoms with Crippen LogP contribution in [0, 0.1) is 0 Å². The first-order valence-corrected chi connectivity index (χ1v) is 10.3. The summed E-state index contributed by atoms with van der Waals surface area (Å²) in [5, 5.41) is 4.03. The van der Waals surface area contributed by atoms with E-state index < -0.39 is 0 Å². The third-order valence-electron chi connectivity index (χ3n) is 5.51. The van der Waals surface area contributed by atoms with Gasteiger partial charge >= 0.3 is 0 Å². The van der Waals surface area contributed by atoms with Gasteiger partial charge in [-0.1, -0.05) is 12.1 Å². The summed E-state index contributed by atoms with van der Waals surface area (Å²) in [6, 6.07) is 7.60. The minimum absolute atomic E-state index is 0.130. The largest absolute Gasteiger partial charge is 0.490 e. The Labute approximate surface area is 165 Å². The molecular weight excluding hydrogens is 356 g/mol. The number of piperidine rings is 1. The monoisotopic (exact) mass is 384 g/mol. The number of rotatable bonds is 6. The van der Waals surface area contributed by atoms with Gasteiger partial charge in [0.05, 0.1) is 6.54 Å². The van der Waals surface area contributed by atoms with Gasteiger partial charge in [0.2, 0.25) is 5.89 Å². The number of amides is 1. The van der Waals surface area contributed by atoms with Gasteiger partial charge in [-0.3, -0.25) is 9.69 Å². The van der Waals surface area contributed by atoms with Gasteiger partial charge in [0, 0.05) is 38.2 Å². The molecule has 4 rings (SSSR count). The van der Waals surface area contributed by atoms with E-state index in [-0.39, 0.29) is 12.0 Å². The second-order valence-corrected chi connectivity index (χ2v) is 7.57. The molecular formula is C21H28N4O3. The van der Waals surface area contributed by atoms with E-state index in [1.807, 2.05) is 36.1 Å². The summed E-state index contributed by atoms with van der Waals surface area (Å²) < 4.78 is 11.3. The van der Waals surface area contributed by atoms with Crippen molar-refractivity contribution in [1.82, 2.24) is 19.9 Å². The van der Waals surface area contributed by atoms with Crippen LogP contribution in [-0.2, 0) is 13.0 Å². The van der Waals surface area contributed by atoms with Crippen LogP contribution in [-0.4, -0.2) is 58.1 Å². The Morgan fingerprint density at radius 1 is 1.14 bits per heavy atom. The standard InChI is InChI=1S/C21H28N4O3/c1-2-20-22-19(23-28-20)15-24-13-9-18(10-14-24)27-17-7-5-16(6-8-17)21(26)25-11-3-4-12-25/h5-8,18H,2-4,9-15H2,1H3. The molecule has 0 radical (unpaired) electrons. The molecule has 0 bridgehead atoms. The molecule has 1 aromatic carbocycles. The zero-order chi connectivity index (χ0) is 19.3. The molecule has 0 spiro atoms. The topological polar surface area (TPSA) is 71.7 Å². The maximum atomic E-state index is 12.4. The maximum Gasteiger partial charge on any atom is 0.253 e. The van der Waals surface area contributed by atoms with Crippen molar-refractivity contribution >= 4 is 5.91 Å². The molecule has 0 unspecified atom stereocenters. The van der Waals surface area contributed by atoms with E-state index in [9.17, 15) is 4.79 Å². The maximum absolute atomic E-state index is 12.4. The van der Waals surface area contributed by atoms with E-state index in [4.69, 9.17) is 9.26 Å². The molecule has 2 aliphatic heterocycles. The highest BCUT2D eigenvalue weighted by atomic mass is 16.5. The van der Waals surface area contributed by atoms with Crippen LogP contribution in [0.4, 0.5) is 0 Å². The van der Waals surface area contributed by atoms with Crippen LogP contribution in [0.2, 0.25) is 0 Å². The van der Waals surface area contributed by atoms with Crippen molar-refractivity contribution in [3.63, 3.8) is 0 Å². The molecule has 7 heteroatoms. The third kappa shape index (κ3) is 4.52. The molecule has 1 amide bonds. The molecule has 1 aromatic heterocycles. The first-order chi connectivity index (χ1) is 13.7. The van der Waals surface area contributed by atoms with Crippen LogP contribution in [0.25, 0.3) is 0 Å². The molecule has 3 heterocycles. The predicted octanol–water partition coefficient (Wildman–Crippen LogP) is 2.91. The van der Waals surface area contributed by atoms with Gasteiger partial charge in [-0.2, -0.15) is 4.98 Å². The summed E-state index contributed by atoms with van der Waals surface area (Å²) in [7, 11) is 0. The molecule has 2 aliphatic rings. The number of hydrogen-bond donors (Lipinski definition) is 0. The Balaban J connectivity index is 1.24. The summed E-state index contributed by atoms with van der Waals surface area (Å²) in [5.74, 6) is 2.42. The van der Waals surface area contributed by atoms with Crippen molar-refractivity contribution in [2.75, 3.05) is 26.2 Å². The quantitative estimate of drug-likeness (QED) is 0.763. The van der Waals surface area contributed by atoms with Gasteiger partial charge in [0.25, 0.3) is 5.91 Å². The van der Waals surface area contributed by atoms with Crippen molar-refractivity contribution in [3.05, 3.63) is 41.5 Å². The smallest absolute Gasteiger partial charge is 0.253 e. The SMILES string of the molecule is CCc1nc(CN2CCC(Oc3ccc(C(=O)N4CCCC4)cc3)CC2)no1. The Morgan fingerprint density at radius 2 is 1.86 bits per heavy atom. The number of carbonyl (C=O) groups is 1. The summed E-state index contributed by atoms with van der Waals surface area (Å²) in [5.41, 5.74) is 0.746. The van der Waals surface area contributed by atoms with E-state index in [1.165, 1.54) is 0 Å². The van der Waals surface area contributed by atoms with Crippen LogP contribution in [0.3, 0.4) is 0 Å². The fourth-order valence-corrected chi connectivity index (χ4v) is 3.85. The molecule has 2 aromatic rings. The normalized spacial score (nSPS) is 18.5. The molecule has 28 heavy (non-hydrogen) atoms. The third-order valence-corrected chi connectivity index (χ3v) is 5.51. The Kier molecular flexibility index (Phi) is 5.90. The van der Waals surface area contributed by atoms with Crippen LogP contribution >= 0.6 is 0 Å². The average Bonchev–Trinajstić information content (AvgIpc) is 3.42. The number of carbonyl (C=O) groups excluding carboxylic acids is 1. The molecule has 0 N–H and O–H groups in total. The highest BCUT2D eigenvalue weighted by Crippen LogP contribution is 2.21. The van der Waals surface area contributed by atoms with E-state index in [0.717, 1.165) is 82.0 Å². The van der Waals surface area contributed by atoms with Crippen molar-refractivity contribution in [1.29, 1.82) is 0 Å².